The summed E-state index contributed by atoms with van der Waals surface area (Å²) in [6, 6.07) is 0. The number of hydrogen-bond donors (Lipinski definition) is 0. The number of ether oxygens (including phenoxy) is 2. The predicted molar refractivity (Wildman–Crippen MR) is 66.4 cm³/mol. The van der Waals surface area contributed by atoms with Gasteiger partial charge in [-0.25, -0.2) is 9.59 Å². The topological polar surface area (TPSA) is 69.7 Å². The molecule has 0 aromatic rings. The first-order valence-electron chi connectivity index (χ1n) is 7.01. The Kier molecular flexibility index (Phi) is 2.08. The Morgan fingerprint density at radius 1 is 1.20 bits per heavy atom. The zero-order valence-electron chi connectivity index (χ0n) is 11.5. The number of carbonyl (C=O) groups is 3. The van der Waals surface area contributed by atoms with Gasteiger partial charge < -0.3 is 14.3 Å². The van der Waals surface area contributed by atoms with E-state index < -0.39 is 23.6 Å². The maximum absolute atomic E-state index is 11.9. The van der Waals surface area contributed by atoms with Crippen molar-refractivity contribution in [3.8, 4) is 0 Å². The molecule has 0 N–H and O–H groups in total. The van der Waals surface area contributed by atoms with E-state index in [2.05, 4.69) is 13.8 Å². The Balaban J connectivity index is 1.85. The molecule has 5 nitrogen and oxygen atoms in total. The van der Waals surface area contributed by atoms with Gasteiger partial charge in [0.1, 0.15) is 5.60 Å². The summed E-state index contributed by atoms with van der Waals surface area (Å²) in [4.78, 5) is 35.3. The molecule has 20 heavy (non-hydrogen) atoms. The Morgan fingerprint density at radius 3 is 2.65 bits per heavy atom. The lowest BCUT2D eigenvalue weighted by Gasteiger charge is -2.33. The van der Waals surface area contributed by atoms with Crippen molar-refractivity contribution in [1.29, 1.82) is 0 Å². The highest BCUT2D eigenvalue weighted by atomic mass is 16.6. The highest BCUT2D eigenvalue weighted by Crippen LogP contribution is 2.61. The number of hydrogen-bond acceptors (Lipinski definition) is 5. The van der Waals surface area contributed by atoms with E-state index in [1.165, 1.54) is 0 Å². The van der Waals surface area contributed by atoms with Crippen LogP contribution in [0.3, 0.4) is 0 Å². The Bertz CT molecular complexity index is 587. The summed E-state index contributed by atoms with van der Waals surface area (Å²) < 4.78 is 10.7. The van der Waals surface area contributed by atoms with E-state index in [9.17, 15) is 14.4 Å². The smallest absolute Gasteiger partial charge is 0.345 e. The van der Waals surface area contributed by atoms with E-state index in [0.717, 1.165) is 19.1 Å². The largest absolute Gasteiger partial charge is 0.386 e. The highest BCUT2D eigenvalue weighted by Gasteiger charge is 2.66. The number of rotatable bonds is 1. The molecule has 0 spiro atoms. The van der Waals surface area contributed by atoms with Crippen molar-refractivity contribution >= 4 is 18.2 Å². The quantitative estimate of drug-likeness (QED) is 0.408. The number of fused-ring (bicyclic) bond motifs is 6. The molecule has 1 saturated carbocycles. The zero-order chi connectivity index (χ0) is 14.3. The molecular formula is C15H16O5. The third-order valence-electron chi connectivity index (χ3n) is 5.35. The first-order chi connectivity index (χ1) is 9.37. The van der Waals surface area contributed by atoms with Crippen LogP contribution in [0.1, 0.15) is 33.1 Å². The predicted octanol–water partition coefficient (Wildman–Crippen LogP) is 1.16. The van der Waals surface area contributed by atoms with Crippen LogP contribution in [0, 0.1) is 17.3 Å². The molecule has 3 heterocycles. The summed E-state index contributed by atoms with van der Waals surface area (Å²) in [7, 11) is 0. The molecule has 106 valence electrons. The maximum Gasteiger partial charge on any atom is 0.345 e. The SMILES string of the molecule is CC1(C)C[C@@H]2[C@@H]3O[C@](C=O)(CC4=C3C(=O)OC4=O)[C@@H]2C1. The monoisotopic (exact) mass is 276 g/mol. The van der Waals surface area contributed by atoms with Crippen LogP contribution in [0.2, 0.25) is 0 Å². The lowest BCUT2D eigenvalue weighted by atomic mass is 9.79. The molecule has 0 aromatic heterocycles. The average molecular weight is 276 g/mol. The van der Waals surface area contributed by atoms with Crippen molar-refractivity contribution in [2.45, 2.75) is 44.8 Å². The first-order valence-corrected chi connectivity index (χ1v) is 7.01. The molecule has 4 aliphatic rings. The minimum absolute atomic E-state index is 0.0891. The van der Waals surface area contributed by atoms with E-state index >= 15 is 0 Å². The van der Waals surface area contributed by atoms with Crippen molar-refractivity contribution in [3.63, 3.8) is 0 Å². The lowest BCUT2D eigenvalue weighted by Crippen LogP contribution is -2.42. The van der Waals surface area contributed by atoms with Gasteiger partial charge in [-0.15, -0.1) is 0 Å². The van der Waals surface area contributed by atoms with E-state index in [4.69, 9.17) is 9.47 Å². The molecule has 0 amide bonds. The van der Waals surface area contributed by atoms with Gasteiger partial charge >= 0.3 is 11.9 Å². The fourth-order valence-corrected chi connectivity index (χ4v) is 4.64. The fourth-order valence-electron chi connectivity index (χ4n) is 4.64. The van der Waals surface area contributed by atoms with Crippen molar-refractivity contribution in [2.24, 2.45) is 17.3 Å². The molecule has 2 bridgehead atoms. The van der Waals surface area contributed by atoms with Gasteiger partial charge in [-0.3, -0.25) is 0 Å². The van der Waals surface area contributed by atoms with Gasteiger partial charge in [0, 0.05) is 12.3 Å². The molecule has 3 aliphatic heterocycles. The van der Waals surface area contributed by atoms with Gasteiger partial charge in [0.25, 0.3) is 0 Å². The highest BCUT2D eigenvalue weighted by molar-refractivity contribution is 6.13. The third-order valence-corrected chi connectivity index (χ3v) is 5.35. The van der Waals surface area contributed by atoms with Crippen LogP contribution in [0.5, 0.6) is 0 Å². The summed E-state index contributed by atoms with van der Waals surface area (Å²) in [5.74, 6) is -0.962. The van der Waals surface area contributed by atoms with Crippen molar-refractivity contribution in [3.05, 3.63) is 11.1 Å². The van der Waals surface area contributed by atoms with Gasteiger partial charge in [-0.2, -0.15) is 0 Å². The number of carbonyl (C=O) groups excluding carboxylic acids is 3. The van der Waals surface area contributed by atoms with Gasteiger partial charge in [-0.05, 0) is 24.2 Å². The van der Waals surface area contributed by atoms with Crippen LogP contribution < -0.4 is 0 Å². The Hall–Kier alpha value is -1.49. The van der Waals surface area contributed by atoms with Crippen LogP contribution in [-0.2, 0) is 23.9 Å². The maximum atomic E-state index is 11.9. The molecule has 1 aliphatic carbocycles. The van der Waals surface area contributed by atoms with Crippen LogP contribution >= 0.6 is 0 Å². The Labute approximate surface area is 116 Å². The van der Waals surface area contributed by atoms with Gasteiger partial charge in [0.15, 0.2) is 6.29 Å². The normalized spacial score (nSPS) is 44.4. The molecule has 0 aromatic carbocycles. The van der Waals surface area contributed by atoms with Gasteiger partial charge in [0.2, 0.25) is 0 Å². The van der Waals surface area contributed by atoms with Crippen LogP contribution in [0.25, 0.3) is 0 Å². The van der Waals surface area contributed by atoms with Crippen molar-refractivity contribution in [2.75, 3.05) is 0 Å². The summed E-state index contributed by atoms with van der Waals surface area (Å²) in [6.45, 7) is 4.35. The minimum Gasteiger partial charge on any atom is -0.386 e. The number of cyclic esters (lactones) is 2. The van der Waals surface area contributed by atoms with Crippen molar-refractivity contribution < 1.29 is 23.9 Å². The average Bonchev–Trinajstić information content (AvgIpc) is 2.92. The molecule has 4 rings (SSSR count). The molecule has 4 atom stereocenters. The van der Waals surface area contributed by atoms with E-state index in [0.29, 0.717) is 11.1 Å². The number of aldehydes is 1. The second-order valence-electron chi connectivity index (χ2n) is 7.20. The Morgan fingerprint density at radius 2 is 1.95 bits per heavy atom. The third kappa shape index (κ3) is 1.29. The molecular weight excluding hydrogens is 260 g/mol. The minimum atomic E-state index is -0.939. The zero-order valence-corrected chi connectivity index (χ0v) is 11.5. The molecule has 5 heteroatoms. The summed E-state index contributed by atoms with van der Waals surface area (Å²) >= 11 is 0. The molecule has 2 fully saturated rings. The van der Waals surface area contributed by atoms with Crippen LogP contribution in [-0.4, -0.2) is 29.9 Å². The molecule has 0 radical (unpaired) electrons. The summed E-state index contributed by atoms with van der Waals surface area (Å²) in [5.41, 5.74) is -0.0647. The lowest BCUT2D eigenvalue weighted by molar-refractivity contribution is -0.151. The summed E-state index contributed by atoms with van der Waals surface area (Å²) in [5, 5.41) is 0. The second kappa shape index (κ2) is 3.39. The second-order valence-corrected chi connectivity index (χ2v) is 7.20. The molecule has 1 saturated heterocycles. The van der Waals surface area contributed by atoms with E-state index in [1.54, 1.807) is 0 Å². The van der Waals surface area contributed by atoms with Crippen LogP contribution in [0.15, 0.2) is 11.1 Å². The fraction of sp³-hybridized carbons (Fsp3) is 0.667. The molecule has 0 unspecified atom stereocenters. The van der Waals surface area contributed by atoms with E-state index in [-0.39, 0.29) is 23.7 Å². The first kappa shape index (κ1) is 12.3. The van der Waals surface area contributed by atoms with Gasteiger partial charge in [-0.1, -0.05) is 13.8 Å². The van der Waals surface area contributed by atoms with E-state index in [1.807, 2.05) is 0 Å². The standard InChI is InChI=1S/C15H16O5/c1-14(2)3-7-9(5-14)15(6-16)4-8-10(11(7)20-15)13(18)19-12(8)17/h6-7,9,11H,3-5H2,1-2H3/t7-,9+,11-,15-/m0/s1. The summed E-state index contributed by atoms with van der Waals surface area (Å²) in [6.07, 6.45) is 2.36. The number of esters is 2. The van der Waals surface area contributed by atoms with Crippen molar-refractivity contribution in [1.82, 2.24) is 0 Å². The van der Waals surface area contributed by atoms with Gasteiger partial charge in [0.05, 0.1) is 17.3 Å². The van der Waals surface area contributed by atoms with Crippen LogP contribution in [0.4, 0.5) is 0 Å².